The summed E-state index contributed by atoms with van der Waals surface area (Å²) in [5.74, 6) is -0.862. The highest BCUT2D eigenvalue weighted by atomic mass is 16.4. The minimum absolute atomic E-state index is 0.458. The molecule has 1 N–H and O–H groups in total. The van der Waals surface area contributed by atoms with Crippen LogP contribution in [0.15, 0.2) is 24.3 Å². The maximum Gasteiger partial charge on any atom is 0.323 e. The zero-order valence-electron chi connectivity index (χ0n) is 11.0. The van der Waals surface area contributed by atoms with Crippen LogP contribution in [0.25, 0.3) is 0 Å². The molecule has 0 heterocycles. The Kier molecular flexibility index (Phi) is 4.46. The zero-order valence-corrected chi connectivity index (χ0v) is 11.0. The molecule has 1 rings (SSSR count). The number of rotatable bonds is 5. The fourth-order valence-corrected chi connectivity index (χ4v) is 1.81. The van der Waals surface area contributed by atoms with Crippen molar-refractivity contribution in [2.75, 3.05) is 6.54 Å². The van der Waals surface area contributed by atoms with E-state index in [1.807, 2.05) is 24.0 Å². The number of hydrogen-bond acceptors (Lipinski definition) is 3. The Labute approximate surface area is 107 Å². The van der Waals surface area contributed by atoms with Crippen LogP contribution in [-0.4, -0.2) is 28.1 Å². The fourth-order valence-electron chi connectivity index (χ4n) is 1.81. The number of nitriles is 1. The first-order valence-electron chi connectivity index (χ1n) is 5.90. The third-order valence-electron chi connectivity index (χ3n) is 3.19. The highest BCUT2D eigenvalue weighted by Gasteiger charge is 2.33. The lowest BCUT2D eigenvalue weighted by atomic mass is 10.0. The van der Waals surface area contributed by atoms with Gasteiger partial charge in [-0.1, -0.05) is 25.1 Å². The molecule has 0 amide bonds. The molecule has 0 aromatic heterocycles. The minimum atomic E-state index is -0.947. The molecule has 96 valence electrons. The van der Waals surface area contributed by atoms with Crippen LogP contribution in [0, 0.1) is 11.3 Å². The first-order chi connectivity index (χ1) is 8.43. The molecule has 0 saturated carbocycles. The third-order valence-corrected chi connectivity index (χ3v) is 3.19. The molecule has 4 nitrogen and oxygen atoms in total. The predicted molar refractivity (Wildman–Crippen MR) is 69.0 cm³/mol. The van der Waals surface area contributed by atoms with Gasteiger partial charge in [-0.2, -0.15) is 5.26 Å². The lowest BCUT2D eigenvalue weighted by Gasteiger charge is -2.34. The number of benzene rings is 1. The number of nitrogens with zero attached hydrogens (tertiary/aromatic N) is 2. The Morgan fingerprint density at radius 3 is 2.56 bits per heavy atom. The van der Waals surface area contributed by atoms with Gasteiger partial charge in [0.15, 0.2) is 0 Å². The standard InChI is InChI=1S/C14H18N2O2/c1-4-16(14(2,3)13(17)18)10-12-8-6-5-7-11(12)9-15/h5-8H,4,10H2,1-3H3,(H,17,18). The Balaban J connectivity index is 3.01. The van der Waals surface area contributed by atoms with Crippen LogP contribution in [0.3, 0.4) is 0 Å². The van der Waals surface area contributed by atoms with Gasteiger partial charge in [0.25, 0.3) is 0 Å². The molecule has 0 fully saturated rings. The van der Waals surface area contributed by atoms with Crippen LogP contribution in [0.2, 0.25) is 0 Å². The smallest absolute Gasteiger partial charge is 0.323 e. The van der Waals surface area contributed by atoms with Crippen molar-refractivity contribution in [1.29, 1.82) is 5.26 Å². The second-order valence-corrected chi connectivity index (χ2v) is 4.65. The van der Waals surface area contributed by atoms with Crippen molar-refractivity contribution in [3.05, 3.63) is 35.4 Å². The maximum absolute atomic E-state index is 11.3. The lowest BCUT2D eigenvalue weighted by molar-refractivity contribution is -0.149. The molecular formula is C14H18N2O2. The van der Waals surface area contributed by atoms with E-state index in [4.69, 9.17) is 5.26 Å². The molecule has 18 heavy (non-hydrogen) atoms. The van der Waals surface area contributed by atoms with Crippen LogP contribution in [0.5, 0.6) is 0 Å². The highest BCUT2D eigenvalue weighted by Crippen LogP contribution is 2.19. The van der Waals surface area contributed by atoms with E-state index >= 15 is 0 Å². The zero-order chi connectivity index (χ0) is 13.8. The molecule has 0 spiro atoms. The second kappa shape index (κ2) is 5.65. The normalized spacial score (nSPS) is 11.3. The summed E-state index contributed by atoms with van der Waals surface area (Å²) in [4.78, 5) is 13.1. The number of hydrogen-bond donors (Lipinski definition) is 1. The number of carboxylic acids is 1. The van der Waals surface area contributed by atoms with Crippen molar-refractivity contribution in [1.82, 2.24) is 4.90 Å². The van der Waals surface area contributed by atoms with Crippen molar-refractivity contribution in [3.8, 4) is 6.07 Å². The SMILES string of the molecule is CCN(Cc1ccccc1C#N)C(C)(C)C(=O)O. The summed E-state index contributed by atoms with van der Waals surface area (Å²) in [5, 5.41) is 18.3. The van der Waals surface area contributed by atoms with E-state index in [2.05, 4.69) is 6.07 Å². The third kappa shape index (κ3) is 2.88. The predicted octanol–water partition coefficient (Wildman–Crippen LogP) is 2.24. The van der Waals surface area contributed by atoms with Crippen LogP contribution in [-0.2, 0) is 11.3 Å². The van der Waals surface area contributed by atoms with E-state index in [-0.39, 0.29) is 0 Å². The van der Waals surface area contributed by atoms with Crippen LogP contribution < -0.4 is 0 Å². The van der Waals surface area contributed by atoms with E-state index in [9.17, 15) is 9.90 Å². The van der Waals surface area contributed by atoms with Gasteiger partial charge in [0.05, 0.1) is 11.6 Å². The quantitative estimate of drug-likeness (QED) is 0.865. The number of aliphatic carboxylic acids is 1. The van der Waals surface area contributed by atoms with Gasteiger partial charge in [-0.05, 0) is 32.0 Å². The maximum atomic E-state index is 11.3. The lowest BCUT2D eigenvalue weighted by Crippen LogP contribution is -2.49. The average Bonchev–Trinajstić information content (AvgIpc) is 2.35. The second-order valence-electron chi connectivity index (χ2n) is 4.65. The first kappa shape index (κ1) is 14.2. The summed E-state index contributed by atoms with van der Waals surface area (Å²) in [6.45, 7) is 6.33. The summed E-state index contributed by atoms with van der Waals surface area (Å²) in [6, 6.07) is 9.40. The minimum Gasteiger partial charge on any atom is -0.480 e. The van der Waals surface area contributed by atoms with E-state index < -0.39 is 11.5 Å². The van der Waals surface area contributed by atoms with Gasteiger partial charge >= 0.3 is 5.97 Å². The van der Waals surface area contributed by atoms with Gasteiger partial charge in [-0.25, -0.2) is 0 Å². The highest BCUT2D eigenvalue weighted by molar-refractivity contribution is 5.77. The average molecular weight is 246 g/mol. The molecule has 0 aliphatic rings. The monoisotopic (exact) mass is 246 g/mol. The van der Waals surface area contributed by atoms with Gasteiger partial charge in [0.2, 0.25) is 0 Å². The Bertz CT molecular complexity index is 475. The van der Waals surface area contributed by atoms with Crippen molar-refractivity contribution >= 4 is 5.97 Å². The van der Waals surface area contributed by atoms with Crippen LogP contribution in [0.4, 0.5) is 0 Å². The molecule has 0 unspecified atom stereocenters. The van der Waals surface area contributed by atoms with Gasteiger partial charge < -0.3 is 5.11 Å². The largest absolute Gasteiger partial charge is 0.480 e. The van der Waals surface area contributed by atoms with Gasteiger partial charge in [0.1, 0.15) is 5.54 Å². The summed E-state index contributed by atoms with van der Waals surface area (Å²) < 4.78 is 0. The Morgan fingerprint density at radius 1 is 1.44 bits per heavy atom. The molecule has 4 heteroatoms. The topological polar surface area (TPSA) is 64.3 Å². The van der Waals surface area contributed by atoms with Crippen LogP contribution >= 0.6 is 0 Å². The van der Waals surface area contributed by atoms with Gasteiger partial charge in [0, 0.05) is 6.54 Å². The summed E-state index contributed by atoms with van der Waals surface area (Å²) >= 11 is 0. The van der Waals surface area contributed by atoms with Crippen molar-refractivity contribution in [2.45, 2.75) is 32.9 Å². The van der Waals surface area contributed by atoms with E-state index in [0.29, 0.717) is 18.7 Å². The number of carbonyl (C=O) groups is 1. The van der Waals surface area contributed by atoms with E-state index in [1.165, 1.54) is 0 Å². The van der Waals surface area contributed by atoms with E-state index in [1.54, 1.807) is 26.0 Å². The van der Waals surface area contributed by atoms with Gasteiger partial charge in [-0.15, -0.1) is 0 Å². The first-order valence-corrected chi connectivity index (χ1v) is 5.90. The molecule has 0 radical (unpaired) electrons. The Hall–Kier alpha value is -1.86. The summed E-state index contributed by atoms with van der Waals surface area (Å²) in [5.41, 5.74) is 0.505. The summed E-state index contributed by atoms with van der Waals surface area (Å²) in [7, 11) is 0. The molecule has 0 aliphatic carbocycles. The van der Waals surface area contributed by atoms with Crippen molar-refractivity contribution in [2.24, 2.45) is 0 Å². The molecular weight excluding hydrogens is 228 g/mol. The molecule has 0 aliphatic heterocycles. The number of likely N-dealkylation sites (N-methyl/N-ethyl adjacent to an activating group) is 1. The molecule has 0 saturated heterocycles. The molecule has 0 atom stereocenters. The molecule has 1 aromatic rings. The number of carboxylic acid groups (broad SMARTS) is 1. The van der Waals surface area contributed by atoms with Crippen molar-refractivity contribution < 1.29 is 9.90 Å². The molecule has 1 aromatic carbocycles. The molecule has 0 bridgehead atoms. The fraction of sp³-hybridized carbons (Fsp3) is 0.429. The summed E-state index contributed by atoms with van der Waals surface area (Å²) in [6.07, 6.45) is 0. The van der Waals surface area contributed by atoms with Gasteiger partial charge in [-0.3, -0.25) is 9.69 Å². The Morgan fingerprint density at radius 2 is 2.06 bits per heavy atom. The van der Waals surface area contributed by atoms with E-state index in [0.717, 1.165) is 5.56 Å². The van der Waals surface area contributed by atoms with Crippen molar-refractivity contribution in [3.63, 3.8) is 0 Å². The van der Waals surface area contributed by atoms with Crippen LogP contribution in [0.1, 0.15) is 31.9 Å².